The van der Waals surface area contributed by atoms with Crippen LogP contribution in [-0.2, 0) is 9.59 Å². The Labute approximate surface area is 190 Å². The molecule has 0 atom stereocenters. The molecule has 4 rings (SSSR count). The number of rotatable bonds is 4. The highest BCUT2D eigenvalue weighted by Gasteiger charge is 2.34. The van der Waals surface area contributed by atoms with Crippen LogP contribution in [0.5, 0.6) is 11.5 Å². The molecule has 8 heteroatoms. The molecule has 1 aliphatic heterocycles. The molecule has 29 heavy (non-hydrogen) atoms. The lowest BCUT2D eigenvalue weighted by molar-refractivity contribution is -0.122. The van der Waals surface area contributed by atoms with Gasteiger partial charge in [0.15, 0.2) is 5.11 Å². The minimum absolute atomic E-state index is 0.0412. The Morgan fingerprint density at radius 1 is 1.00 bits per heavy atom. The van der Waals surface area contributed by atoms with Gasteiger partial charge in [0, 0.05) is 0 Å². The maximum Gasteiger partial charge on any atom is 0.270 e. The topological polar surface area (TPSA) is 58.6 Å². The van der Waals surface area contributed by atoms with Crippen LogP contribution in [0.3, 0.4) is 0 Å². The van der Waals surface area contributed by atoms with Gasteiger partial charge < -0.3 is 4.74 Å². The lowest BCUT2D eigenvalue weighted by atomic mass is 10.1. The van der Waals surface area contributed by atoms with E-state index < -0.39 is 11.8 Å². The number of anilines is 1. The third-order valence-electron chi connectivity index (χ3n) is 4.12. The molecule has 1 aliphatic rings. The van der Waals surface area contributed by atoms with Gasteiger partial charge in [-0.1, -0.05) is 18.2 Å². The van der Waals surface area contributed by atoms with E-state index in [2.05, 4.69) is 27.9 Å². The molecular weight excluding hydrogens is 519 g/mol. The van der Waals surface area contributed by atoms with E-state index >= 15 is 0 Å². The first-order valence-corrected chi connectivity index (χ1v) is 10.9. The van der Waals surface area contributed by atoms with Crippen molar-refractivity contribution < 1.29 is 14.3 Å². The van der Waals surface area contributed by atoms with E-state index in [0.29, 0.717) is 17.2 Å². The molecule has 1 N–H and O–H groups in total. The zero-order chi connectivity index (χ0) is 20.4. The molecule has 1 aromatic heterocycles. The maximum atomic E-state index is 13.0. The van der Waals surface area contributed by atoms with Gasteiger partial charge in [-0.3, -0.25) is 19.8 Å². The van der Waals surface area contributed by atoms with Crippen molar-refractivity contribution in [2.75, 3.05) is 4.90 Å². The first kappa shape index (κ1) is 19.7. The van der Waals surface area contributed by atoms with E-state index in [-0.39, 0.29) is 10.7 Å². The second kappa shape index (κ2) is 8.44. The summed E-state index contributed by atoms with van der Waals surface area (Å²) in [5.74, 6) is 0.385. The van der Waals surface area contributed by atoms with Gasteiger partial charge in [0.1, 0.15) is 17.1 Å². The average molecular weight is 532 g/mol. The second-order valence-electron chi connectivity index (χ2n) is 6.02. The van der Waals surface area contributed by atoms with Gasteiger partial charge in [0.2, 0.25) is 0 Å². The predicted molar refractivity (Wildman–Crippen MR) is 126 cm³/mol. The molecule has 0 bridgehead atoms. The number of benzene rings is 2. The van der Waals surface area contributed by atoms with Crippen LogP contribution in [0.4, 0.5) is 5.69 Å². The van der Waals surface area contributed by atoms with Crippen molar-refractivity contribution in [2.24, 2.45) is 0 Å². The molecule has 0 saturated carbocycles. The first-order valence-electron chi connectivity index (χ1n) is 8.50. The Morgan fingerprint density at radius 2 is 1.69 bits per heavy atom. The quantitative estimate of drug-likeness (QED) is 0.223. The number of carbonyl (C=O) groups excluding carboxylic acids is 2. The first-order chi connectivity index (χ1) is 14.0. The second-order valence-corrected chi connectivity index (χ2v) is 9.13. The minimum atomic E-state index is -0.498. The van der Waals surface area contributed by atoms with Gasteiger partial charge in [-0.25, -0.2) is 0 Å². The van der Waals surface area contributed by atoms with Gasteiger partial charge in [0.05, 0.1) is 8.57 Å². The highest BCUT2D eigenvalue weighted by molar-refractivity contribution is 14.1. The number of carbonyl (C=O) groups is 2. The van der Waals surface area contributed by atoms with Gasteiger partial charge in [-0.05, 0) is 94.3 Å². The van der Waals surface area contributed by atoms with Crippen LogP contribution in [0, 0.1) is 2.88 Å². The highest BCUT2D eigenvalue weighted by atomic mass is 127. The van der Waals surface area contributed by atoms with Crippen LogP contribution < -0.4 is 15.0 Å². The van der Waals surface area contributed by atoms with Crippen molar-refractivity contribution in [1.29, 1.82) is 0 Å². The number of halogens is 1. The molecular formula is C21H13IN2O3S2. The fraction of sp³-hybridized carbons (Fsp3) is 0. The summed E-state index contributed by atoms with van der Waals surface area (Å²) in [6.07, 6.45) is 1.59. The van der Waals surface area contributed by atoms with Crippen LogP contribution in [0.2, 0.25) is 0 Å². The summed E-state index contributed by atoms with van der Waals surface area (Å²) < 4.78 is 6.78. The molecule has 0 unspecified atom stereocenters. The summed E-state index contributed by atoms with van der Waals surface area (Å²) in [4.78, 5) is 26.7. The predicted octanol–water partition coefficient (Wildman–Crippen LogP) is 4.98. The smallest absolute Gasteiger partial charge is 0.270 e. The number of nitrogens with zero attached hydrogens (tertiary/aromatic N) is 1. The summed E-state index contributed by atoms with van der Waals surface area (Å²) >= 11 is 8.96. The summed E-state index contributed by atoms with van der Waals surface area (Å²) in [6, 6.07) is 18.2. The SMILES string of the molecule is O=C1NC(=S)N(c2ccc(Oc3ccccc3)cc2)C(=O)C1=Cc1ccsc1I. The van der Waals surface area contributed by atoms with Crippen LogP contribution in [0.25, 0.3) is 6.08 Å². The molecule has 0 radical (unpaired) electrons. The van der Waals surface area contributed by atoms with E-state index in [1.807, 2.05) is 41.8 Å². The number of thiophene rings is 1. The van der Waals surface area contributed by atoms with Crippen LogP contribution in [0.15, 0.2) is 71.6 Å². The zero-order valence-corrected chi connectivity index (χ0v) is 18.6. The third kappa shape index (κ3) is 4.24. The Kier molecular flexibility index (Phi) is 5.74. The maximum absolute atomic E-state index is 13.0. The van der Waals surface area contributed by atoms with Crippen LogP contribution >= 0.6 is 46.1 Å². The number of hydrogen-bond donors (Lipinski definition) is 1. The molecule has 0 spiro atoms. The highest BCUT2D eigenvalue weighted by Crippen LogP contribution is 2.28. The van der Waals surface area contributed by atoms with Crippen molar-refractivity contribution in [1.82, 2.24) is 5.32 Å². The van der Waals surface area contributed by atoms with Gasteiger partial charge in [-0.2, -0.15) is 0 Å². The van der Waals surface area contributed by atoms with E-state index in [0.717, 1.165) is 8.45 Å². The Balaban J connectivity index is 1.60. The van der Waals surface area contributed by atoms with Crippen molar-refractivity contribution in [3.8, 4) is 11.5 Å². The minimum Gasteiger partial charge on any atom is -0.457 e. The normalized spacial score (nSPS) is 15.6. The lowest BCUT2D eigenvalue weighted by Gasteiger charge is -2.29. The van der Waals surface area contributed by atoms with Crippen molar-refractivity contribution >= 4 is 74.8 Å². The summed E-state index contributed by atoms with van der Waals surface area (Å²) in [7, 11) is 0. The monoisotopic (exact) mass is 532 g/mol. The summed E-state index contributed by atoms with van der Waals surface area (Å²) in [5, 5.41) is 4.55. The van der Waals surface area contributed by atoms with Gasteiger partial charge >= 0.3 is 0 Å². The van der Waals surface area contributed by atoms with E-state index in [9.17, 15) is 9.59 Å². The Hall–Kier alpha value is -2.56. The number of para-hydroxylation sites is 1. The summed E-state index contributed by atoms with van der Waals surface area (Å²) in [5.41, 5.74) is 1.42. The number of ether oxygens (including phenoxy) is 1. The molecule has 5 nitrogen and oxygen atoms in total. The van der Waals surface area contributed by atoms with Crippen molar-refractivity contribution in [3.05, 3.63) is 80.1 Å². The van der Waals surface area contributed by atoms with E-state index in [1.165, 1.54) is 4.90 Å². The third-order valence-corrected chi connectivity index (χ3v) is 6.51. The molecule has 144 valence electrons. The molecule has 3 aromatic rings. The molecule has 0 aliphatic carbocycles. The van der Waals surface area contributed by atoms with Crippen LogP contribution in [0.1, 0.15) is 5.56 Å². The molecule has 2 amide bonds. The molecule has 1 saturated heterocycles. The Morgan fingerprint density at radius 3 is 2.34 bits per heavy atom. The van der Waals surface area contributed by atoms with Crippen molar-refractivity contribution in [2.45, 2.75) is 0 Å². The molecule has 2 heterocycles. The Bertz CT molecular complexity index is 1120. The molecule has 2 aromatic carbocycles. The zero-order valence-electron chi connectivity index (χ0n) is 14.8. The fourth-order valence-corrected chi connectivity index (χ4v) is 4.39. The van der Waals surface area contributed by atoms with Crippen LogP contribution in [-0.4, -0.2) is 16.9 Å². The number of amides is 2. The van der Waals surface area contributed by atoms with E-state index in [4.69, 9.17) is 17.0 Å². The largest absolute Gasteiger partial charge is 0.457 e. The number of thiocarbonyl (C=S) groups is 1. The van der Waals surface area contributed by atoms with Crippen molar-refractivity contribution in [3.63, 3.8) is 0 Å². The van der Waals surface area contributed by atoms with E-state index in [1.54, 1.807) is 41.7 Å². The van der Waals surface area contributed by atoms with Gasteiger partial charge in [0.25, 0.3) is 11.8 Å². The number of nitrogens with one attached hydrogen (secondary N) is 1. The average Bonchev–Trinajstić information content (AvgIpc) is 3.12. The number of hydrogen-bond acceptors (Lipinski definition) is 5. The standard InChI is InChI=1S/C21H13IN2O3S2/c22-18-13(10-11-29-18)12-17-19(25)23-21(28)24(20(17)26)14-6-8-16(9-7-14)27-15-4-2-1-3-5-15/h1-12H,(H,23,25,28). The fourth-order valence-electron chi connectivity index (χ4n) is 2.74. The van der Waals surface area contributed by atoms with Gasteiger partial charge in [-0.15, -0.1) is 11.3 Å². The molecule has 1 fully saturated rings. The lowest BCUT2D eigenvalue weighted by Crippen LogP contribution is -2.54. The summed E-state index contributed by atoms with van der Waals surface area (Å²) in [6.45, 7) is 0.